The Kier molecular flexibility index (Phi) is 5.03. The molecule has 0 unspecified atom stereocenters. The van der Waals surface area contributed by atoms with Crippen molar-refractivity contribution in [2.75, 3.05) is 12.4 Å². The molecule has 0 fully saturated rings. The molecule has 0 aliphatic carbocycles. The molecule has 0 aliphatic heterocycles. The quantitative estimate of drug-likeness (QED) is 0.530. The third-order valence-corrected chi connectivity index (χ3v) is 4.29. The summed E-state index contributed by atoms with van der Waals surface area (Å²) >= 11 is 0. The Morgan fingerprint density at radius 1 is 0.966 bits per heavy atom. The second kappa shape index (κ2) is 7.93. The number of carbonyl (C=O) groups is 1. The maximum absolute atomic E-state index is 13.1. The summed E-state index contributed by atoms with van der Waals surface area (Å²) in [5, 5.41) is 6.84. The van der Waals surface area contributed by atoms with Gasteiger partial charge in [0.15, 0.2) is 0 Å². The Morgan fingerprint density at radius 2 is 1.66 bits per heavy atom. The van der Waals surface area contributed by atoms with Crippen molar-refractivity contribution in [3.05, 3.63) is 84.2 Å². The number of para-hydroxylation sites is 2. The molecule has 0 bridgehead atoms. The molecule has 1 amide bonds. The van der Waals surface area contributed by atoms with Crippen molar-refractivity contribution in [1.29, 1.82) is 0 Å². The van der Waals surface area contributed by atoms with Gasteiger partial charge in [-0.15, -0.1) is 0 Å². The SMILES string of the molecule is COc1ccccc1-c1noc(-c2ccccc2NC(=O)c2ccc(F)cc2)n1. The molecule has 1 N–H and O–H groups in total. The molecular formula is C22H16FN3O3. The number of rotatable bonds is 5. The Balaban J connectivity index is 1.64. The standard InChI is InChI=1S/C22H16FN3O3/c1-28-19-9-5-3-7-17(19)20-25-22(29-26-20)16-6-2-4-8-18(16)24-21(27)14-10-12-15(23)13-11-14/h2-13H,1H3,(H,24,27). The van der Waals surface area contributed by atoms with Gasteiger partial charge in [0.25, 0.3) is 11.8 Å². The van der Waals surface area contributed by atoms with Gasteiger partial charge >= 0.3 is 0 Å². The molecule has 0 spiro atoms. The van der Waals surface area contributed by atoms with Crippen molar-refractivity contribution < 1.29 is 18.4 Å². The van der Waals surface area contributed by atoms with E-state index in [-0.39, 0.29) is 11.8 Å². The van der Waals surface area contributed by atoms with Crippen molar-refractivity contribution in [3.63, 3.8) is 0 Å². The van der Waals surface area contributed by atoms with E-state index in [9.17, 15) is 9.18 Å². The van der Waals surface area contributed by atoms with E-state index in [4.69, 9.17) is 9.26 Å². The van der Waals surface area contributed by atoms with E-state index in [2.05, 4.69) is 15.5 Å². The summed E-state index contributed by atoms with van der Waals surface area (Å²) in [5.74, 6) is 0.467. The van der Waals surface area contributed by atoms with Gasteiger partial charge < -0.3 is 14.6 Å². The van der Waals surface area contributed by atoms with Crippen molar-refractivity contribution in [3.8, 4) is 28.6 Å². The lowest BCUT2D eigenvalue weighted by atomic mass is 10.1. The minimum Gasteiger partial charge on any atom is -0.496 e. The van der Waals surface area contributed by atoms with Crippen molar-refractivity contribution >= 4 is 11.6 Å². The Bertz CT molecular complexity index is 1160. The lowest BCUT2D eigenvalue weighted by Gasteiger charge is -2.08. The summed E-state index contributed by atoms with van der Waals surface area (Å²) in [7, 11) is 1.57. The average molecular weight is 389 g/mol. The van der Waals surface area contributed by atoms with Crippen LogP contribution in [0.3, 0.4) is 0 Å². The van der Waals surface area contributed by atoms with E-state index in [1.807, 2.05) is 24.3 Å². The number of nitrogens with zero attached hydrogens (tertiary/aromatic N) is 2. The molecule has 4 rings (SSSR count). The molecule has 3 aromatic carbocycles. The van der Waals surface area contributed by atoms with Gasteiger partial charge in [-0.3, -0.25) is 4.79 Å². The van der Waals surface area contributed by atoms with Crippen LogP contribution in [-0.2, 0) is 0 Å². The van der Waals surface area contributed by atoms with Crippen LogP contribution in [0.2, 0.25) is 0 Å². The molecule has 7 heteroatoms. The van der Waals surface area contributed by atoms with Crippen molar-refractivity contribution in [1.82, 2.24) is 10.1 Å². The molecule has 1 heterocycles. The Morgan fingerprint density at radius 3 is 2.41 bits per heavy atom. The van der Waals surface area contributed by atoms with Crippen molar-refractivity contribution in [2.24, 2.45) is 0 Å². The summed E-state index contributed by atoms with van der Waals surface area (Å²) in [5.41, 5.74) is 2.09. The highest BCUT2D eigenvalue weighted by Gasteiger charge is 2.17. The van der Waals surface area contributed by atoms with Gasteiger partial charge in [0.1, 0.15) is 11.6 Å². The molecule has 0 radical (unpaired) electrons. The summed E-state index contributed by atoms with van der Waals surface area (Å²) in [6.07, 6.45) is 0. The van der Waals surface area contributed by atoms with Gasteiger partial charge in [0, 0.05) is 5.56 Å². The normalized spacial score (nSPS) is 10.6. The molecule has 0 aliphatic rings. The number of hydrogen-bond donors (Lipinski definition) is 1. The van der Waals surface area contributed by atoms with Crippen LogP contribution in [0.25, 0.3) is 22.8 Å². The third kappa shape index (κ3) is 3.84. The fourth-order valence-corrected chi connectivity index (χ4v) is 2.85. The minimum absolute atomic E-state index is 0.251. The third-order valence-electron chi connectivity index (χ3n) is 4.29. The topological polar surface area (TPSA) is 77.3 Å². The number of methoxy groups -OCH3 is 1. The first-order valence-electron chi connectivity index (χ1n) is 8.79. The zero-order valence-electron chi connectivity index (χ0n) is 15.4. The van der Waals surface area contributed by atoms with Crippen LogP contribution in [0.4, 0.5) is 10.1 Å². The first kappa shape index (κ1) is 18.4. The van der Waals surface area contributed by atoms with Gasteiger partial charge in [0.2, 0.25) is 5.82 Å². The first-order valence-corrected chi connectivity index (χ1v) is 8.79. The summed E-state index contributed by atoms with van der Waals surface area (Å²) in [6.45, 7) is 0. The van der Waals surface area contributed by atoms with E-state index in [1.54, 1.807) is 31.4 Å². The van der Waals surface area contributed by atoms with Gasteiger partial charge in [-0.2, -0.15) is 4.98 Å². The Hall–Kier alpha value is -4.00. The second-order valence-electron chi connectivity index (χ2n) is 6.13. The van der Waals surface area contributed by atoms with E-state index in [0.29, 0.717) is 34.0 Å². The summed E-state index contributed by atoms with van der Waals surface area (Å²) in [4.78, 5) is 17.0. The van der Waals surface area contributed by atoms with Crippen LogP contribution in [-0.4, -0.2) is 23.2 Å². The number of ether oxygens (including phenoxy) is 1. The van der Waals surface area contributed by atoms with Crippen LogP contribution >= 0.6 is 0 Å². The Labute approximate surface area is 166 Å². The molecule has 6 nitrogen and oxygen atoms in total. The number of carbonyl (C=O) groups excluding carboxylic acids is 1. The average Bonchev–Trinajstić information content (AvgIpc) is 3.24. The van der Waals surface area contributed by atoms with Crippen LogP contribution in [0.15, 0.2) is 77.3 Å². The van der Waals surface area contributed by atoms with Crippen molar-refractivity contribution in [2.45, 2.75) is 0 Å². The lowest BCUT2D eigenvalue weighted by molar-refractivity contribution is 0.102. The van der Waals surface area contributed by atoms with E-state index < -0.39 is 5.82 Å². The highest BCUT2D eigenvalue weighted by atomic mass is 19.1. The largest absolute Gasteiger partial charge is 0.496 e. The predicted octanol–water partition coefficient (Wildman–Crippen LogP) is 4.80. The number of nitrogens with one attached hydrogen (secondary N) is 1. The fraction of sp³-hybridized carbons (Fsp3) is 0.0455. The highest BCUT2D eigenvalue weighted by molar-refractivity contribution is 6.06. The molecule has 1 aromatic heterocycles. The van der Waals surface area contributed by atoms with Gasteiger partial charge in [-0.25, -0.2) is 4.39 Å². The summed E-state index contributed by atoms with van der Waals surface area (Å²) in [6, 6.07) is 19.7. The van der Waals surface area contributed by atoms with Gasteiger partial charge in [-0.1, -0.05) is 29.4 Å². The first-order chi connectivity index (χ1) is 14.2. The van der Waals surface area contributed by atoms with Gasteiger partial charge in [-0.05, 0) is 48.5 Å². The molecular weight excluding hydrogens is 373 g/mol. The number of aromatic nitrogens is 2. The number of amides is 1. The number of benzene rings is 3. The van der Waals surface area contributed by atoms with Gasteiger partial charge in [0.05, 0.1) is 23.9 Å². The zero-order valence-corrected chi connectivity index (χ0v) is 15.4. The second-order valence-corrected chi connectivity index (χ2v) is 6.13. The molecule has 0 atom stereocenters. The maximum Gasteiger partial charge on any atom is 0.260 e. The van der Waals surface area contributed by atoms with Crippen LogP contribution in [0.1, 0.15) is 10.4 Å². The van der Waals surface area contributed by atoms with Crippen LogP contribution < -0.4 is 10.1 Å². The summed E-state index contributed by atoms with van der Waals surface area (Å²) < 4.78 is 23.9. The number of anilines is 1. The molecule has 0 saturated heterocycles. The molecule has 4 aromatic rings. The maximum atomic E-state index is 13.1. The number of halogens is 1. The molecule has 29 heavy (non-hydrogen) atoms. The smallest absolute Gasteiger partial charge is 0.260 e. The monoisotopic (exact) mass is 389 g/mol. The van der Waals surface area contributed by atoms with Crippen LogP contribution in [0.5, 0.6) is 5.75 Å². The highest BCUT2D eigenvalue weighted by Crippen LogP contribution is 2.32. The zero-order chi connectivity index (χ0) is 20.2. The number of hydrogen-bond acceptors (Lipinski definition) is 5. The van der Waals surface area contributed by atoms with E-state index >= 15 is 0 Å². The van der Waals surface area contributed by atoms with E-state index in [0.717, 1.165) is 0 Å². The molecule has 144 valence electrons. The fourth-order valence-electron chi connectivity index (χ4n) is 2.85. The van der Waals surface area contributed by atoms with Crippen LogP contribution in [0, 0.1) is 5.82 Å². The molecule has 0 saturated carbocycles. The minimum atomic E-state index is -0.406. The van der Waals surface area contributed by atoms with E-state index in [1.165, 1.54) is 24.3 Å². The predicted molar refractivity (Wildman–Crippen MR) is 106 cm³/mol. The lowest BCUT2D eigenvalue weighted by Crippen LogP contribution is -2.12.